The van der Waals surface area contributed by atoms with Crippen molar-refractivity contribution in [3.8, 4) is 0 Å². The molecule has 1 unspecified atom stereocenters. The fraction of sp³-hybridized carbons (Fsp3) is 0.667. The van der Waals surface area contributed by atoms with Gasteiger partial charge in [0.05, 0.1) is 18.4 Å². The standard InChI is InChI=1S/C18H26N6O3/c19-17(25)15-10-21-16(11-20-15)22-5-1-2-14(12-22)24-7-6-23(18(24)26)13-3-8-27-9-4-13/h10-11,13-14H,1-9,12H2,(H2,19,25). The van der Waals surface area contributed by atoms with Gasteiger partial charge in [0.1, 0.15) is 11.5 Å². The number of rotatable bonds is 4. The zero-order valence-electron chi connectivity index (χ0n) is 15.4. The maximum atomic E-state index is 13.0. The van der Waals surface area contributed by atoms with E-state index in [0.29, 0.717) is 6.04 Å². The summed E-state index contributed by atoms with van der Waals surface area (Å²) in [6.07, 6.45) is 6.84. The molecular weight excluding hydrogens is 348 g/mol. The smallest absolute Gasteiger partial charge is 0.320 e. The first kappa shape index (κ1) is 18.0. The molecule has 2 N–H and O–H groups in total. The number of nitrogens with two attached hydrogens (primary N) is 1. The number of piperidine rings is 1. The molecule has 0 saturated carbocycles. The van der Waals surface area contributed by atoms with Crippen molar-refractivity contribution >= 4 is 17.8 Å². The summed E-state index contributed by atoms with van der Waals surface area (Å²) in [4.78, 5) is 38.7. The summed E-state index contributed by atoms with van der Waals surface area (Å²) in [7, 11) is 0. The fourth-order valence-corrected chi connectivity index (χ4v) is 4.28. The lowest BCUT2D eigenvalue weighted by molar-refractivity contribution is 0.0500. The molecule has 1 aromatic rings. The molecule has 27 heavy (non-hydrogen) atoms. The molecular formula is C18H26N6O3. The van der Waals surface area contributed by atoms with Crippen LogP contribution in [0.4, 0.5) is 10.6 Å². The first-order valence-electron chi connectivity index (χ1n) is 9.65. The number of hydrogen-bond acceptors (Lipinski definition) is 6. The topological polar surface area (TPSA) is 105 Å². The van der Waals surface area contributed by atoms with Crippen LogP contribution in [-0.2, 0) is 4.74 Å². The van der Waals surface area contributed by atoms with Crippen LogP contribution in [0.3, 0.4) is 0 Å². The number of amides is 3. The molecule has 3 fully saturated rings. The molecule has 1 atom stereocenters. The molecule has 3 aliphatic rings. The van der Waals surface area contributed by atoms with Crippen LogP contribution < -0.4 is 10.6 Å². The van der Waals surface area contributed by atoms with Crippen LogP contribution in [0.25, 0.3) is 0 Å². The Morgan fingerprint density at radius 2 is 1.78 bits per heavy atom. The molecule has 3 amide bonds. The van der Waals surface area contributed by atoms with E-state index in [4.69, 9.17) is 10.5 Å². The lowest BCUT2D eigenvalue weighted by Gasteiger charge is -2.38. The average Bonchev–Trinajstić information content (AvgIpc) is 3.10. The lowest BCUT2D eigenvalue weighted by atomic mass is 10.0. The lowest BCUT2D eigenvalue weighted by Crippen LogP contribution is -2.51. The molecule has 3 saturated heterocycles. The van der Waals surface area contributed by atoms with Gasteiger partial charge in [-0.3, -0.25) is 4.79 Å². The minimum atomic E-state index is -0.582. The van der Waals surface area contributed by atoms with E-state index in [9.17, 15) is 9.59 Å². The fourth-order valence-electron chi connectivity index (χ4n) is 4.28. The summed E-state index contributed by atoms with van der Waals surface area (Å²) in [5.41, 5.74) is 5.39. The van der Waals surface area contributed by atoms with Crippen molar-refractivity contribution in [2.24, 2.45) is 5.73 Å². The first-order chi connectivity index (χ1) is 13.1. The summed E-state index contributed by atoms with van der Waals surface area (Å²) >= 11 is 0. The van der Waals surface area contributed by atoms with Crippen molar-refractivity contribution in [3.63, 3.8) is 0 Å². The summed E-state index contributed by atoms with van der Waals surface area (Å²) in [5.74, 6) is 0.138. The van der Waals surface area contributed by atoms with Crippen LogP contribution in [0.5, 0.6) is 0 Å². The Balaban J connectivity index is 1.40. The highest BCUT2D eigenvalue weighted by atomic mass is 16.5. The van der Waals surface area contributed by atoms with E-state index in [1.165, 1.54) is 6.20 Å². The van der Waals surface area contributed by atoms with Gasteiger partial charge in [-0.15, -0.1) is 0 Å². The second-order valence-corrected chi connectivity index (χ2v) is 7.38. The van der Waals surface area contributed by atoms with Crippen molar-refractivity contribution < 1.29 is 14.3 Å². The number of hydrogen-bond donors (Lipinski definition) is 1. The zero-order valence-corrected chi connectivity index (χ0v) is 15.4. The van der Waals surface area contributed by atoms with E-state index in [1.807, 2.05) is 9.80 Å². The summed E-state index contributed by atoms with van der Waals surface area (Å²) in [6, 6.07) is 0.640. The van der Waals surface area contributed by atoms with Crippen LogP contribution in [0.2, 0.25) is 0 Å². The predicted octanol–water partition coefficient (Wildman–Crippen LogP) is 0.461. The number of carbonyl (C=O) groups excluding carboxylic acids is 2. The predicted molar refractivity (Wildman–Crippen MR) is 98.4 cm³/mol. The van der Waals surface area contributed by atoms with Gasteiger partial charge in [-0.05, 0) is 25.7 Å². The van der Waals surface area contributed by atoms with E-state index in [1.54, 1.807) is 6.20 Å². The van der Waals surface area contributed by atoms with Gasteiger partial charge in [0.15, 0.2) is 0 Å². The van der Waals surface area contributed by atoms with Crippen molar-refractivity contribution in [1.29, 1.82) is 0 Å². The average molecular weight is 374 g/mol. The molecule has 4 rings (SSSR count). The molecule has 146 valence electrons. The number of primary amides is 1. The number of ether oxygens (including phenoxy) is 1. The zero-order chi connectivity index (χ0) is 18.8. The SMILES string of the molecule is NC(=O)c1cnc(N2CCCC(N3CCN(C4CCOCC4)C3=O)C2)cn1. The highest BCUT2D eigenvalue weighted by Crippen LogP contribution is 2.26. The Hall–Kier alpha value is -2.42. The monoisotopic (exact) mass is 374 g/mol. The van der Waals surface area contributed by atoms with E-state index >= 15 is 0 Å². The third kappa shape index (κ3) is 3.69. The number of aromatic nitrogens is 2. The Morgan fingerprint density at radius 3 is 2.44 bits per heavy atom. The quantitative estimate of drug-likeness (QED) is 0.821. The molecule has 9 heteroatoms. The van der Waals surface area contributed by atoms with E-state index in [2.05, 4.69) is 14.9 Å². The van der Waals surface area contributed by atoms with Crippen molar-refractivity contribution in [1.82, 2.24) is 19.8 Å². The van der Waals surface area contributed by atoms with Gasteiger partial charge >= 0.3 is 6.03 Å². The Bertz CT molecular complexity index is 691. The Morgan fingerprint density at radius 1 is 1.04 bits per heavy atom. The third-order valence-corrected chi connectivity index (χ3v) is 5.76. The summed E-state index contributed by atoms with van der Waals surface area (Å²) in [5, 5.41) is 0. The van der Waals surface area contributed by atoms with Crippen LogP contribution in [0.1, 0.15) is 36.2 Å². The maximum absolute atomic E-state index is 13.0. The molecule has 0 radical (unpaired) electrons. The largest absolute Gasteiger partial charge is 0.381 e. The molecule has 0 aromatic carbocycles. The second-order valence-electron chi connectivity index (χ2n) is 7.38. The number of urea groups is 1. The Labute approximate surface area is 158 Å². The highest BCUT2D eigenvalue weighted by Gasteiger charge is 2.39. The van der Waals surface area contributed by atoms with Crippen molar-refractivity contribution in [3.05, 3.63) is 18.1 Å². The van der Waals surface area contributed by atoms with Gasteiger partial charge in [-0.2, -0.15) is 0 Å². The van der Waals surface area contributed by atoms with E-state index < -0.39 is 5.91 Å². The van der Waals surface area contributed by atoms with Crippen molar-refractivity contribution in [2.45, 2.75) is 37.8 Å². The molecule has 0 bridgehead atoms. The summed E-state index contributed by atoms with van der Waals surface area (Å²) < 4.78 is 5.42. The normalized spacial score (nSPS) is 24.5. The van der Waals surface area contributed by atoms with Gasteiger partial charge in [-0.1, -0.05) is 0 Å². The van der Waals surface area contributed by atoms with E-state index in [-0.39, 0.29) is 17.8 Å². The third-order valence-electron chi connectivity index (χ3n) is 5.76. The minimum Gasteiger partial charge on any atom is -0.381 e. The molecule has 0 aliphatic carbocycles. The molecule has 4 heterocycles. The first-order valence-corrected chi connectivity index (χ1v) is 9.65. The molecule has 0 spiro atoms. The van der Waals surface area contributed by atoms with E-state index in [0.717, 1.165) is 70.9 Å². The van der Waals surface area contributed by atoms with Crippen molar-refractivity contribution in [2.75, 3.05) is 44.3 Å². The number of anilines is 1. The Kier molecular flexibility index (Phi) is 5.11. The number of carbonyl (C=O) groups is 2. The van der Waals surface area contributed by atoms with Crippen LogP contribution in [-0.4, -0.2) is 83.2 Å². The molecule has 3 aliphatic heterocycles. The van der Waals surface area contributed by atoms with Gasteiger partial charge in [0, 0.05) is 45.4 Å². The van der Waals surface area contributed by atoms with Gasteiger partial charge < -0.3 is 25.2 Å². The number of nitrogens with zero attached hydrogens (tertiary/aromatic N) is 5. The van der Waals surface area contributed by atoms with Crippen LogP contribution in [0.15, 0.2) is 12.4 Å². The van der Waals surface area contributed by atoms with Gasteiger partial charge in [-0.25, -0.2) is 14.8 Å². The second kappa shape index (κ2) is 7.67. The minimum absolute atomic E-state index is 0.156. The summed E-state index contributed by atoms with van der Waals surface area (Å²) in [6.45, 7) is 4.66. The highest BCUT2D eigenvalue weighted by molar-refractivity contribution is 5.90. The maximum Gasteiger partial charge on any atom is 0.320 e. The van der Waals surface area contributed by atoms with Crippen LogP contribution >= 0.6 is 0 Å². The molecule has 9 nitrogen and oxygen atoms in total. The molecule has 1 aromatic heterocycles. The van der Waals surface area contributed by atoms with Gasteiger partial charge in [0.2, 0.25) is 0 Å². The van der Waals surface area contributed by atoms with Gasteiger partial charge in [0.25, 0.3) is 5.91 Å². The van der Waals surface area contributed by atoms with Crippen LogP contribution in [0, 0.1) is 0 Å².